The number of hydrogen-bond donors (Lipinski definition) is 0. The third-order valence-electron chi connectivity index (χ3n) is 1.54. The van der Waals surface area contributed by atoms with Crippen LogP contribution in [0.1, 0.15) is 5.89 Å². The summed E-state index contributed by atoms with van der Waals surface area (Å²) in [5.41, 5.74) is 0.803. The fourth-order valence-corrected chi connectivity index (χ4v) is 2.47. The second kappa shape index (κ2) is 3.33. The lowest BCUT2D eigenvalue weighted by molar-refractivity contribution is 0.534. The number of oxazole rings is 1. The predicted molar refractivity (Wildman–Crippen MR) is 54.6 cm³/mol. The van der Waals surface area contributed by atoms with Gasteiger partial charge in [0.2, 0.25) is 0 Å². The highest BCUT2D eigenvalue weighted by molar-refractivity contribution is 7.20. The number of hydrogen-bond acceptors (Lipinski definition) is 3. The third-order valence-corrected chi connectivity index (χ3v) is 3.03. The van der Waals surface area contributed by atoms with Crippen molar-refractivity contribution in [2.45, 2.75) is 6.92 Å². The first-order valence-corrected chi connectivity index (χ1v) is 5.11. The fourth-order valence-electron chi connectivity index (χ4n) is 0.994. The van der Waals surface area contributed by atoms with Crippen LogP contribution in [0.5, 0.6) is 0 Å². The molecule has 13 heavy (non-hydrogen) atoms. The van der Waals surface area contributed by atoms with Gasteiger partial charge in [0.05, 0.1) is 10.5 Å². The van der Waals surface area contributed by atoms with E-state index < -0.39 is 0 Å². The van der Waals surface area contributed by atoms with Gasteiger partial charge in [-0.2, -0.15) is 0 Å². The zero-order valence-corrected chi connectivity index (χ0v) is 9.00. The molecule has 2 rings (SSSR count). The summed E-state index contributed by atoms with van der Waals surface area (Å²) < 4.78 is 6.59. The lowest BCUT2D eigenvalue weighted by atomic mass is 10.3. The van der Waals surface area contributed by atoms with Gasteiger partial charge in [-0.05, 0) is 6.07 Å². The average Bonchev–Trinajstić information content (AvgIpc) is 2.58. The summed E-state index contributed by atoms with van der Waals surface area (Å²) in [6, 6.07) is 1.77. The van der Waals surface area contributed by atoms with Crippen LogP contribution >= 0.6 is 34.5 Å². The molecule has 0 bridgehead atoms. The maximum absolute atomic E-state index is 5.94. The minimum Gasteiger partial charge on any atom is -0.441 e. The van der Waals surface area contributed by atoms with E-state index in [-0.39, 0.29) is 0 Å². The molecule has 0 fully saturated rings. The largest absolute Gasteiger partial charge is 0.441 e. The van der Waals surface area contributed by atoms with Crippen molar-refractivity contribution in [2.24, 2.45) is 0 Å². The van der Waals surface area contributed by atoms with Crippen molar-refractivity contribution in [3.63, 3.8) is 0 Å². The molecule has 2 aromatic rings. The predicted octanol–water partition coefficient (Wildman–Crippen LogP) is 4.02. The Morgan fingerprint density at radius 1 is 1.46 bits per heavy atom. The third kappa shape index (κ3) is 1.73. The minimum absolute atomic E-state index is 0.619. The van der Waals surface area contributed by atoms with Crippen LogP contribution < -0.4 is 0 Å². The van der Waals surface area contributed by atoms with Crippen LogP contribution in [0.25, 0.3) is 11.3 Å². The number of aryl methyl sites for hydroxylation is 1. The summed E-state index contributed by atoms with van der Waals surface area (Å²) in [5, 5.41) is 0. The van der Waals surface area contributed by atoms with Crippen molar-refractivity contribution >= 4 is 34.5 Å². The number of aromatic nitrogens is 1. The Kier molecular flexibility index (Phi) is 2.32. The van der Waals surface area contributed by atoms with Gasteiger partial charge in [0.15, 0.2) is 11.7 Å². The smallest absolute Gasteiger partial charge is 0.191 e. The van der Waals surface area contributed by atoms with Crippen molar-refractivity contribution in [3.05, 3.63) is 26.8 Å². The molecule has 5 heteroatoms. The van der Waals surface area contributed by atoms with E-state index in [0.717, 1.165) is 5.56 Å². The van der Waals surface area contributed by atoms with E-state index in [1.165, 1.54) is 11.3 Å². The molecule has 2 heterocycles. The molecule has 0 aliphatic carbocycles. The highest BCUT2D eigenvalue weighted by Gasteiger charge is 2.11. The number of rotatable bonds is 1. The van der Waals surface area contributed by atoms with Crippen LogP contribution in [-0.2, 0) is 0 Å². The fraction of sp³-hybridized carbons (Fsp3) is 0.125. The van der Waals surface area contributed by atoms with Crippen molar-refractivity contribution in [1.82, 2.24) is 4.98 Å². The van der Waals surface area contributed by atoms with Crippen molar-refractivity contribution in [2.75, 3.05) is 0 Å². The summed E-state index contributed by atoms with van der Waals surface area (Å²) in [6.07, 6.45) is 1.64. The van der Waals surface area contributed by atoms with Gasteiger partial charge in [0.1, 0.15) is 4.34 Å². The summed E-state index contributed by atoms with van der Waals surface area (Å²) in [7, 11) is 0. The molecule has 0 saturated carbocycles. The Morgan fingerprint density at radius 2 is 2.23 bits per heavy atom. The molecule has 0 spiro atoms. The number of nitrogens with zero attached hydrogens (tertiary/aromatic N) is 1. The molecule has 0 radical (unpaired) electrons. The maximum Gasteiger partial charge on any atom is 0.191 e. The molecule has 0 aliphatic rings. The Morgan fingerprint density at radius 3 is 2.69 bits per heavy atom. The highest BCUT2D eigenvalue weighted by Crippen LogP contribution is 2.38. The van der Waals surface area contributed by atoms with E-state index in [4.69, 9.17) is 27.6 Å². The average molecular weight is 234 g/mol. The van der Waals surface area contributed by atoms with E-state index in [1.807, 2.05) is 0 Å². The van der Waals surface area contributed by atoms with E-state index in [0.29, 0.717) is 20.3 Å². The summed E-state index contributed by atoms with van der Waals surface area (Å²) in [5.74, 6) is 1.28. The van der Waals surface area contributed by atoms with Gasteiger partial charge < -0.3 is 4.42 Å². The zero-order valence-electron chi connectivity index (χ0n) is 6.67. The monoisotopic (exact) mass is 233 g/mol. The van der Waals surface area contributed by atoms with Crippen LogP contribution in [0.2, 0.25) is 8.67 Å². The SMILES string of the molecule is Cc1ncc(-c2cc(Cl)sc2Cl)o1. The molecule has 0 amide bonds. The Balaban J connectivity index is 2.51. The second-order valence-corrected chi connectivity index (χ2v) is 4.77. The normalized spacial score (nSPS) is 10.7. The van der Waals surface area contributed by atoms with Crippen LogP contribution in [-0.4, -0.2) is 4.98 Å². The van der Waals surface area contributed by atoms with Crippen LogP contribution in [0.4, 0.5) is 0 Å². The first kappa shape index (κ1) is 9.06. The highest BCUT2D eigenvalue weighted by atomic mass is 35.5. The lowest BCUT2D eigenvalue weighted by Gasteiger charge is -1.89. The number of thiophene rings is 1. The molecule has 0 aromatic carbocycles. The molecule has 0 aliphatic heterocycles. The summed E-state index contributed by atoms with van der Waals surface area (Å²) in [6.45, 7) is 1.78. The van der Waals surface area contributed by atoms with Gasteiger partial charge in [-0.25, -0.2) is 4.98 Å². The minimum atomic E-state index is 0.619. The van der Waals surface area contributed by atoms with Gasteiger partial charge in [-0.3, -0.25) is 0 Å². The molecular weight excluding hydrogens is 229 g/mol. The van der Waals surface area contributed by atoms with E-state index in [9.17, 15) is 0 Å². The Hall–Kier alpha value is -0.510. The first-order valence-electron chi connectivity index (χ1n) is 3.54. The Labute approximate surface area is 89.1 Å². The van der Waals surface area contributed by atoms with Crippen LogP contribution in [0, 0.1) is 6.92 Å². The van der Waals surface area contributed by atoms with Crippen LogP contribution in [0.15, 0.2) is 16.7 Å². The van der Waals surface area contributed by atoms with E-state index in [2.05, 4.69) is 4.98 Å². The zero-order chi connectivity index (χ0) is 9.42. The van der Waals surface area contributed by atoms with Crippen molar-refractivity contribution < 1.29 is 4.42 Å². The molecule has 2 nitrogen and oxygen atoms in total. The Bertz CT molecular complexity index is 435. The van der Waals surface area contributed by atoms with Gasteiger partial charge in [-0.1, -0.05) is 23.2 Å². The molecule has 0 N–H and O–H groups in total. The lowest BCUT2D eigenvalue weighted by Crippen LogP contribution is -1.66. The summed E-state index contributed by atoms with van der Waals surface area (Å²) >= 11 is 13.0. The quantitative estimate of drug-likeness (QED) is 0.744. The van der Waals surface area contributed by atoms with Gasteiger partial charge >= 0.3 is 0 Å². The standard InChI is InChI=1S/C8H5Cl2NOS/c1-4-11-3-6(12-4)5-2-7(9)13-8(5)10/h2-3H,1H3. The molecule has 0 atom stereocenters. The van der Waals surface area contributed by atoms with Crippen LogP contribution in [0.3, 0.4) is 0 Å². The van der Waals surface area contributed by atoms with Gasteiger partial charge in [-0.15, -0.1) is 11.3 Å². The van der Waals surface area contributed by atoms with Crippen molar-refractivity contribution in [1.29, 1.82) is 0 Å². The molecule has 68 valence electrons. The van der Waals surface area contributed by atoms with Gasteiger partial charge in [0.25, 0.3) is 0 Å². The molecule has 2 aromatic heterocycles. The molecule has 0 unspecified atom stereocenters. The summed E-state index contributed by atoms with van der Waals surface area (Å²) in [4.78, 5) is 3.98. The second-order valence-electron chi connectivity index (χ2n) is 2.48. The number of halogens is 2. The maximum atomic E-state index is 5.94. The molecular formula is C8H5Cl2NOS. The molecule has 0 saturated heterocycles. The topological polar surface area (TPSA) is 26.0 Å². The van der Waals surface area contributed by atoms with E-state index in [1.54, 1.807) is 19.2 Å². The first-order chi connectivity index (χ1) is 6.16. The van der Waals surface area contributed by atoms with Crippen molar-refractivity contribution in [3.8, 4) is 11.3 Å². The van der Waals surface area contributed by atoms with Gasteiger partial charge in [0, 0.05) is 12.5 Å². The van der Waals surface area contributed by atoms with E-state index >= 15 is 0 Å².